The predicted molar refractivity (Wildman–Crippen MR) is 70.8 cm³/mol. The van der Waals surface area contributed by atoms with Gasteiger partial charge < -0.3 is 14.7 Å². The summed E-state index contributed by atoms with van der Waals surface area (Å²) in [6.07, 6.45) is 4.62. The van der Waals surface area contributed by atoms with E-state index in [0.717, 1.165) is 45.5 Å². The van der Waals surface area contributed by atoms with Crippen molar-refractivity contribution in [2.75, 3.05) is 39.3 Å². The summed E-state index contributed by atoms with van der Waals surface area (Å²) < 4.78 is 5.76. The van der Waals surface area contributed by atoms with Crippen molar-refractivity contribution < 1.29 is 14.6 Å². The van der Waals surface area contributed by atoms with Crippen LogP contribution in [0.25, 0.3) is 0 Å². The minimum absolute atomic E-state index is 0.161. The average Bonchev–Trinajstić information content (AvgIpc) is 3.05. The van der Waals surface area contributed by atoms with Crippen LogP contribution in [-0.2, 0) is 9.53 Å². The molecule has 3 fully saturated rings. The number of likely N-dealkylation sites (tertiary alicyclic amines) is 2. The Kier molecular flexibility index (Phi) is 3.78. The second-order valence-electron chi connectivity index (χ2n) is 6.11. The van der Waals surface area contributed by atoms with Crippen LogP contribution < -0.4 is 0 Å². The maximum atomic E-state index is 12.2. The number of amides is 1. The minimum Gasteiger partial charge on any atom is -0.388 e. The molecule has 3 heterocycles. The van der Waals surface area contributed by atoms with E-state index in [-0.39, 0.29) is 11.5 Å². The van der Waals surface area contributed by atoms with Gasteiger partial charge in [-0.05, 0) is 45.2 Å². The van der Waals surface area contributed by atoms with Gasteiger partial charge in [0.05, 0.1) is 12.1 Å². The van der Waals surface area contributed by atoms with Gasteiger partial charge in [0.25, 0.3) is 0 Å². The van der Waals surface area contributed by atoms with Gasteiger partial charge in [-0.25, -0.2) is 0 Å². The second-order valence-corrected chi connectivity index (χ2v) is 6.11. The van der Waals surface area contributed by atoms with Gasteiger partial charge in [0.1, 0.15) is 6.10 Å². The number of aliphatic hydroxyl groups excluding tert-OH is 1. The first-order chi connectivity index (χ1) is 9.20. The van der Waals surface area contributed by atoms with Crippen LogP contribution >= 0.6 is 0 Å². The van der Waals surface area contributed by atoms with E-state index in [4.69, 9.17) is 4.74 Å². The number of ether oxygens (including phenoxy) is 1. The number of aliphatic hydroxyl groups is 1. The monoisotopic (exact) mass is 268 g/mol. The zero-order valence-corrected chi connectivity index (χ0v) is 11.5. The van der Waals surface area contributed by atoms with Gasteiger partial charge in [-0.15, -0.1) is 0 Å². The smallest absolute Gasteiger partial charge is 0.236 e. The molecule has 0 aromatic rings. The molecule has 0 aromatic heterocycles. The summed E-state index contributed by atoms with van der Waals surface area (Å²) in [6.45, 7) is 4.50. The molecule has 0 aromatic carbocycles. The number of β-amino-alcohol motifs (C(OH)–C–C–N with tert-alkyl or cyclic N) is 1. The Labute approximate surface area is 114 Å². The molecular weight excluding hydrogens is 244 g/mol. The van der Waals surface area contributed by atoms with Crippen LogP contribution in [0.3, 0.4) is 0 Å². The standard InChI is InChI=1S/C14H24N2O3/c17-12-10-16(8-5-14(12)4-3-9-19-14)13(18)11-15-6-1-2-7-15/h12,17H,1-11H2/t12-,14-/m0/s1. The third-order valence-corrected chi connectivity index (χ3v) is 4.85. The number of rotatable bonds is 2. The highest BCUT2D eigenvalue weighted by Gasteiger charge is 2.46. The molecule has 5 heteroatoms. The van der Waals surface area contributed by atoms with E-state index >= 15 is 0 Å². The predicted octanol–water partition coefficient (Wildman–Crippen LogP) is 0.225. The Morgan fingerprint density at radius 2 is 2.00 bits per heavy atom. The van der Waals surface area contributed by atoms with Crippen LogP contribution in [0.2, 0.25) is 0 Å². The molecule has 19 heavy (non-hydrogen) atoms. The summed E-state index contributed by atoms with van der Waals surface area (Å²) in [7, 11) is 0. The molecule has 3 rings (SSSR count). The number of nitrogens with zero attached hydrogens (tertiary/aromatic N) is 2. The molecule has 0 unspecified atom stereocenters. The SMILES string of the molecule is O=C(CN1CCCC1)N1CC[C@@]2(CCCO2)[C@@H](O)C1. The summed E-state index contributed by atoms with van der Waals surface area (Å²) in [5.41, 5.74) is -0.357. The summed E-state index contributed by atoms with van der Waals surface area (Å²) in [6, 6.07) is 0. The normalized spacial score (nSPS) is 36.3. The first-order valence-electron chi connectivity index (χ1n) is 7.52. The molecule has 0 aliphatic carbocycles. The minimum atomic E-state index is -0.522. The zero-order valence-electron chi connectivity index (χ0n) is 11.5. The topological polar surface area (TPSA) is 53.0 Å². The largest absolute Gasteiger partial charge is 0.388 e. The van der Waals surface area contributed by atoms with E-state index in [1.165, 1.54) is 12.8 Å². The molecular formula is C14H24N2O3. The van der Waals surface area contributed by atoms with Crippen LogP contribution in [0.15, 0.2) is 0 Å². The molecule has 1 amide bonds. The van der Waals surface area contributed by atoms with Gasteiger partial charge in [-0.2, -0.15) is 0 Å². The number of carbonyl (C=O) groups excluding carboxylic acids is 1. The average molecular weight is 268 g/mol. The molecule has 5 nitrogen and oxygen atoms in total. The summed E-state index contributed by atoms with van der Waals surface area (Å²) in [4.78, 5) is 16.3. The maximum absolute atomic E-state index is 12.2. The molecule has 2 atom stereocenters. The van der Waals surface area contributed by atoms with Gasteiger partial charge in [-0.3, -0.25) is 9.69 Å². The fraction of sp³-hybridized carbons (Fsp3) is 0.929. The van der Waals surface area contributed by atoms with Crippen molar-refractivity contribution >= 4 is 5.91 Å². The van der Waals surface area contributed by atoms with E-state index < -0.39 is 6.10 Å². The lowest BCUT2D eigenvalue weighted by Crippen LogP contribution is -2.57. The molecule has 0 radical (unpaired) electrons. The highest BCUT2D eigenvalue weighted by molar-refractivity contribution is 5.78. The molecule has 1 spiro atoms. The quantitative estimate of drug-likeness (QED) is 0.778. The van der Waals surface area contributed by atoms with Gasteiger partial charge in [0, 0.05) is 19.7 Å². The highest BCUT2D eigenvalue weighted by Crippen LogP contribution is 2.35. The van der Waals surface area contributed by atoms with Crippen molar-refractivity contribution in [1.29, 1.82) is 0 Å². The third-order valence-electron chi connectivity index (χ3n) is 4.85. The lowest BCUT2D eigenvalue weighted by Gasteiger charge is -2.42. The second kappa shape index (κ2) is 5.38. The Bertz CT molecular complexity index is 336. The Balaban J connectivity index is 1.54. The molecule has 3 aliphatic rings. The number of hydrogen-bond acceptors (Lipinski definition) is 4. The van der Waals surface area contributed by atoms with Crippen LogP contribution in [0, 0.1) is 0 Å². The van der Waals surface area contributed by atoms with Crippen LogP contribution in [0.5, 0.6) is 0 Å². The van der Waals surface area contributed by atoms with Crippen molar-refractivity contribution in [1.82, 2.24) is 9.80 Å². The number of hydrogen-bond donors (Lipinski definition) is 1. The Morgan fingerprint density at radius 1 is 1.21 bits per heavy atom. The van der Waals surface area contributed by atoms with Crippen LogP contribution in [-0.4, -0.2) is 71.8 Å². The van der Waals surface area contributed by atoms with Crippen molar-refractivity contribution in [2.24, 2.45) is 0 Å². The van der Waals surface area contributed by atoms with E-state index in [1.807, 2.05) is 4.90 Å². The molecule has 0 bridgehead atoms. The van der Waals surface area contributed by atoms with E-state index in [1.54, 1.807) is 0 Å². The molecule has 3 aliphatic heterocycles. The zero-order chi connectivity index (χ0) is 13.3. The first kappa shape index (κ1) is 13.3. The fourth-order valence-electron chi connectivity index (χ4n) is 3.59. The lowest BCUT2D eigenvalue weighted by molar-refractivity contribution is -0.153. The van der Waals surface area contributed by atoms with Gasteiger partial charge >= 0.3 is 0 Å². The summed E-state index contributed by atoms with van der Waals surface area (Å²) in [5, 5.41) is 10.3. The first-order valence-corrected chi connectivity index (χ1v) is 7.52. The Morgan fingerprint density at radius 3 is 2.63 bits per heavy atom. The molecule has 108 valence electrons. The van der Waals surface area contributed by atoms with Crippen LogP contribution in [0.1, 0.15) is 32.1 Å². The molecule has 0 saturated carbocycles. The van der Waals surface area contributed by atoms with E-state index in [2.05, 4.69) is 4.90 Å². The fourth-order valence-corrected chi connectivity index (χ4v) is 3.59. The Hall–Kier alpha value is -0.650. The van der Waals surface area contributed by atoms with E-state index in [0.29, 0.717) is 13.1 Å². The molecule has 3 saturated heterocycles. The maximum Gasteiger partial charge on any atom is 0.236 e. The lowest BCUT2D eigenvalue weighted by atomic mass is 9.86. The van der Waals surface area contributed by atoms with Gasteiger partial charge in [0.2, 0.25) is 5.91 Å². The number of carbonyl (C=O) groups is 1. The van der Waals surface area contributed by atoms with Gasteiger partial charge in [0.15, 0.2) is 0 Å². The highest BCUT2D eigenvalue weighted by atomic mass is 16.5. The third kappa shape index (κ3) is 2.64. The van der Waals surface area contributed by atoms with E-state index in [9.17, 15) is 9.90 Å². The summed E-state index contributed by atoms with van der Waals surface area (Å²) >= 11 is 0. The van der Waals surface area contributed by atoms with Crippen molar-refractivity contribution in [2.45, 2.75) is 43.8 Å². The van der Waals surface area contributed by atoms with Crippen molar-refractivity contribution in [3.63, 3.8) is 0 Å². The molecule has 1 N–H and O–H groups in total. The van der Waals surface area contributed by atoms with Crippen LogP contribution in [0.4, 0.5) is 0 Å². The number of piperidine rings is 1. The van der Waals surface area contributed by atoms with Gasteiger partial charge in [-0.1, -0.05) is 0 Å². The van der Waals surface area contributed by atoms with Crippen molar-refractivity contribution in [3.05, 3.63) is 0 Å². The summed E-state index contributed by atoms with van der Waals surface area (Å²) in [5.74, 6) is 0.161. The van der Waals surface area contributed by atoms with Crippen molar-refractivity contribution in [3.8, 4) is 0 Å².